The quantitative estimate of drug-likeness (QED) is 0.608. The molecule has 1 atom stereocenters. The first-order valence-electron chi connectivity index (χ1n) is 10.4. The maximum Gasteiger partial charge on any atom is 0.334 e. The molecule has 162 valence electrons. The number of nitrogens with one attached hydrogen (secondary N) is 1. The third kappa shape index (κ3) is 3.28. The van der Waals surface area contributed by atoms with E-state index in [4.69, 9.17) is 4.74 Å². The highest BCUT2D eigenvalue weighted by atomic mass is 16.5. The first-order chi connectivity index (χ1) is 15.0. The van der Waals surface area contributed by atoms with E-state index in [1.54, 1.807) is 38.1 Å². The molecule has 5 rings (SSSR count). The van der Waals surface area contributed by atoms with Crippen molar-refractivity contribution >= 4 is 22.9 Å². The van der Waals surface area contributed by atoms with Crippen molar-refractivity contribution in [2.75, 3.05) is 25.5 Å². The predicted molar refractivity (Wildman–Crippen MR) is 115 cm³/mol. The number of nitrogens with zero attached hydrogens (tertiary/aromatic N) is 6. The topological polar surface area (TPSA) is 98.7 Å². The van der Waals surface area contributed by atoms with E-state index < -0.39 is 0 Å². The molecule has 1 amide bonds. The molecule has 3 aromatic rings. The van der Waals surface area contributed by atoms with Gasteiger partial charge in [0.2, 0.25) is 5.91 Å². The van der Waals surface area contributed by atoms with Gasteiger partial charge in [-0.2, -0.15) is 0 Å². The number of imidazole rings is 1. The van der Waals surface area contributed by atoms with Crippen molar-refractivity contribution in [3.63, 3.8) is 0 Å². The Hall–Kier alpha value is -3.56. The van der Waals surface area contributed by atoms with E-state index in [0.29, 0.717) is 48.3 Å². The summed E-state index contributed by atoms with van der Waals surface area (Å²) in [6.07, 6.45) is 9.55. The molecule has 31 heavy (non-hydrogen) atoms. The molecule has 1 saturated heterocycles. The molecule has 3 aromatic heterocycles. The molecule has 2 aliphatic rings. The highest BCUT2D eigenvalue weighted by molar-refractivity contribution is 5.87. The molecule has 1 aliphatic heterocycles. The minimum Gasteiger partial charge on any atom is -0.478 e. The zero-order valence-electron chi connectivity index (χ0n) is 17.6. The second kappa shape index (κ2) is 7.29. The van der Waals surface area contributed by atoms with Gasteiger partial charge in [-0.15, -0.1) is 5.10 Å². The fourth-order valence-electron chi connectivity index (χ4n) is 4.29. The number of anilines is 2. The number of methoxy groups -OCH3 is 1. The second-order valence-corrected chi connectivity index (χ2v) is 8.13. The monoisotopic (exact) mass is 423 g/mol. The van der Waals surface area contributed by atoms with E-state index in [2.05, 4.69) is 22.0 Å². The van der Waals surface area contributed by atoms with Crippen LogP contribution in [-0.2, 0) is 11.8 Å². The van der Waals surface area contributed by atoms with E-state index >= 15 is 0 Å². The maximum atomic E-state index is 13.5. The number of amides is 1. The summed E-state index contributed by atoms with van der Waals surface area (Å²) in [5.74, 6) is 0.703. The fourth-order valence-corrected chi connectivity index (χ4v) is 4.29. The van der Waals surface area contributed by atoms with E-state index in [1.807, 2.05) is 13.2 Å². The molecule has 1 N–H and O–H groups in total. The summed E-state index contributed by atoms with van der Waals surface area (Å²) >= 11 is 0. The van der Waals surface area contributed by atoms with Crippen LogP contribution in [0.15, 0.2) is 36.0 Å². The van der Waals surface area contributed by atoms with Crippen molar-refractivity contribution in [3.8, 4) is 5.88 Å². The van der Waals surface area contributed by atoms with Gasteiger partial charge in [0.25, 0.3) is 5.88 Å². The van der Waals surface area contributed by atoms with Crippen molar-refractivity contribution < 1.29 is 9.53 Å². The number of rotatable bonds is 6. The van der Waals surface area contributed by atoms with Gasteiger partial charge >= 0.3 is 5.69 Å². The normalized spacial score (nSPS) is 18.5. The molecular weight excluding hydrogens is 398 g/mol. The lowest BCUT2D eigenvalue weighted by Gasteiger charge is -2.18. The third-order valence-corrected chi connectivity index (χ3v) is 6.01. The highest BCUT2D eigenvalue weighted by Crippen LogP contribution is 2.40. The number of likely N-dealkylation sites (tertiary alicyclic amines) is 1. The molecule has 1 unspecified atom stereocenters. The number of hydrogen-bond donors (Lipinski definition) is 1. The van der Waals surface area contributed by atoms with Gasteiger partial charge in [0.1, 0.15) is 5.69 Å². The van der Waals surface area contributed by atoms with Gasteiger partial charge in [-0.05, 0) is 25.3 Å². The first kappa shape index (κ1) is 19.4. The molecule has 0 radical (unpaired) electrons. The SMILES string of the molecule is C=CC(=O)N1CCC(n2cc(Nc3cn(C)nc3OC)c3ncc(C4CC4)n3c2=O)C1. The van der Waals surface area contributed by atoms with Crippen LogP contribution in [0.4, 0.5) is 11.4 Å². The minimum atomic E-state index is -0.129. The summed E-state index contributed by atoms with van der Waals surface area (Å²) in [4.78, 5) is 31.8. The van der Waals surface area contributed by atoms with Gasteiger partial charge in [-0.3, -0.25) is 14.0 Å². The molecule has 0 bridgehead atoms. The zero-order valence-corrected chi connectivity index (χ0v) is 17.6. The number of carbonyl (C=O) groups is 1. The number of carbonyl (C=O) groups excluding carboxylic acids is 1. The Balaban J connectivity index is 1.61. The van der Waals surface area contributed by atoms with E-state index in [0.717, 1.165) is 18.5 Å². The number of aromatic nitrogens is 5. The lowest BCUT2D eigenvalue weighted by molar-refractivity contribution is -0.125. The zero-order chi connectivity index (χ0) is 21.7. The Morgan fingerprint density at radius 2 is 2.10 bits per heavy atom. The molecule has 0 spiro atoms. The molecule has 1 aliphatic carbocycles. The van der Waals surface area contributed by atoms with Crippen molar-refractivity contribution in [1.29, 1.82) is 0 Å². The van der Waals surface area contributed by atoms with Crippen LogP contribution >= 0.6 is 0 Å². The highest BCUT2D eigenvalue weighted by Gasteiger charge is 2.32. The summed E-state index contributed by atoms with van der Waals surface area (Å²) < 4.78 is 10.5. The van der Waals surface area contributed by atoms with Crippen LogP contribution in [0.5, 0.6) is 5.88 Å². The first-order valence-corrected chi connectivity index (χ1v) is 10.4. The Labute approximate surface area is 178 Å². The molecule has 1 saturated carbocycles. The van der Waals surface area contributed by atoms with Crippen LogP contribution in [0.25, 0.3) is 5.65 Å². The van der Waals surface area contributed by atoms with Crippen LogP contribution in [0.3, 0.4) is 0 Å². The minimum absolute atomic E-state index is 0.114. The number of fused-ring (bicyclic) bond motifs is 1. The van der Waals surface area contributed by atoms with Crippen LogP contribution in [-0.4, -0.2) is 54.7 Å². The molecule has 10 heteroatoms. The Kier molecular flexibility index (Phi) is 4.57. The Bertz CT molecular complexity index is 1230. The maximum absolute atomic E-state index is 13.5. The van der Waals surface area contributed by atoms with Crippen LogP contribution in [0, 0.1) is 0 Å². The standard InChI is InChI=1S/C21H25N7O3/c1-4-18(29)26-8-7-14(10-26)27-12-15(23-16-11-25(2)24-20(16)31-3)19-22-9-17(13-5-6-13)28(19)21(27)30/h4,9,11-14,23H,1,5-8,10H2,2-3H3. The summed E-state index contributed by atoms with van der Waals surface area (Å²) in [5, 5.41) is 7.64. The van der Waals surface area contributed by atoms with Gasteiger partial charge < -0.3 is 15.0 Å². The van der Waals surface area contributed by atoms with Crippen molar-refractivity contribution in [2.45, 2.75) is 31.2 Å². The Morgan fingerprint density at radius 3 is 2.81 bits per heavy atom. The average Bonchev–Trinajstić information content (AvgIpc) is 3.17. The molecule has 4 heterocycles. The van der Waals surface area contributed by atoms with Gasteiger partial charge in [-0.25, -0.2) is 14.2 Å². The fraction of sp³-hybridized carbons (Fsp3) is 0.429. The van der Waals surface area contributed by atoms with E-state index in [1.165, 1.54) is 6.08 Å². The summed E-state index contributed by atoms with van der Waals surface area (Å²) in [7, 11) is 3.38. The summed E-state index contributed by atoms with van der Waals surface area (Å²) in [6.45, 7) is 4.64. The summed E-state index contributed by atoms with van der Waals surface area (Å²) in [5.41, 5.74) is 2.75. The molecule has 0 aromatic carbocycles. The van der Waals surface area contributed by atoms with Crippen molar-refractivity contribution in [3.05, 3.63) is 47.4 Å². The Morgan fingerprint density at radius 1 is 1.29 bits per heavy atom. The average molecular weight is 423 g/mol. The van der Waals surface area contributed by atoms with Gasteiger partial charge in [0.05, 0.1) is 30.7 Å². The number of aryl methyl sites for hydroxylation is 1. The van der Waals surface area contributed by atoms with Crippen LogP contribution in [0.2, 0.25) is 0 Å². The molecular formula is C21H25N7O3. The number of hydrogen-bond acceptors (Lipinski definition) is 6. The van der Waals surface area contributed by atoms with Crippen LogP contribution in [0.1, 0.15) is 36.9 Å². The smallest absolute Gasteiger partial charge is 0.334 e. The van der Waals surface area contributed by atoms with Crippen molar-refractivity contribution in [1.82, 2.24) is 28.6 Å². The van der Waals surface area contributed by atoms with Gasteiger partial charge in [0.15, 0.2) is 5.65 Å². The predicted octanol–water partition coefficient (Wildman–Crippen LogP) is 1.82. The third-order valence-electron chi connectivity index (χ3n) is 6.01. The van der Waals surface area contributed by atoms with Crippen molar-refractivity contribution in [2.24, 2.45) is 7.05 Å². The van der Waals surface area contributed by atoms with Crippen LogP contribution < -0.4 is 15.7 Å². The lowest BCUT2D eigenvalue weighted by Crippen LogP contribution is -2.33. The second-order valence-electron chi connectivity index (χ2n) is 8.13. The molecule has 10 nitrogen and oxygen atoms in total. The van der Waals surface area contributed by atoms with Gasteiger partial charge in [-0.1, -0.05) is 6.58 Å². The van der Waals surface area contributed by atoms with E-state index in [9.17, 15) is 9.59 Å². The summed E-state index contributed by atoms with van der Waals surface area (Å²) in [6, 6.07) is -0.119. The number of ether oxygens (including phenoxy) is 1. The lowest BCUT2D eigenvalue weighted by atomic mass is 10.2. The largest absolute Gasteiger partial charge is 0.478 e. The van der Waals surface area contributed by atoms with E-state index in [-0.39, 0.29) is 17.6 Å². The molecule has 2 fully saturated rings. The van der Waals surface area contributed by atoms with Gasteiger partial charge in [0, 0.05) is 38.4 Å².